The molecule has 192 valence electrons. The van der Waals surface area contributed by atoms with Crippen LogP contribution in [0.5, 0.6) is 5.75 Å². The predicted octanol–water partition coefficient (Wildman–Crippen LogP) is 5.01. The second-order valence-electron chi connectivity index (χ2n) is 9.45. The number of benzene rings is 3. The van der Waals surface area contributed by atoms with Crippen molar-refractivity contribution in [1.29, 1.82) is 0 Å². The van der Waals surface area contributed by atoms with E-state index in [4.69, 9.17) is 4.74 Å². The molecule has 2 heterocycles. The van der Waals surface area contributed by atoms with Crippen molar-refractivity contribution < 1.29 is 13.2 Å². The summed E-state index contributed by atoms with van der Waals surface area (Å²) in [5.74, 6) is 2.17. The Labute approximate surface area is 218 Å². The van der Waals surface area contributed by atoms with Gasteiger partial charge >= 0.3 is 0 Å². The highest BCUT2D eigenvalue weighted by atomic mass is 32.2. The van der Waals surface area contributed by atoms with Gasteiger partial charge in [-0.15, -0.1) is 0 Å². The number of anilines is 2. The van der Waals surface area contributed by atoms with Crippen LogP contribution in [0.2, 0.25) is 0 Å². The third-order valence-electron chi connectivity index (χ3n) is 6.69. The molecule has 8 heteroatoms. The Balaban J connectivity index is 1.14. The Kier molecular flexibility index (Phi) is 7.96. The molecule has 1 aliphatic rings. The predicted molar refractivity (Wildman–Crippen MR) is 148 cm³/mol. The minimum Gasteiger partial charge on any atom is -0.489 e. The third-order valence-corrected chi connectivity index (χ3v) is 8.30. The van der Waals surface area contributed by atoms with Crippen molar-refractivity contribution in [1.82, 2.24) is 14.9 Å². The van der Waals surface area contributed by atoms with Gasteiger partial charge in [0, 0.05) is 24.2 Å². The molecule has 1 saturated heterocycles. The number of fused-ring (bicyclic) bond motifs is 1. The number of nitrogens with zero attached hydrogens (tertiary/aromatic N) is 3. The van der Waals surface area contributed by atoms with Gasteiger partial charge in [0.1, 0.15) is 24.5 Å². The smallest absolute Gasteiger partial charge is 0.152 e. The lowest BCUT2D eigenvalue weighted by Gasteiger charge is -2.26. The Morgan fingerprint density at radius 2 is 1.65 bits per heavy atom. The van der Waals surface area contributed by atoms with E-state index in [1.54, 1.807) is 6.33 Å². The number of rotatable bonds is 10. The average Bonchev–Trinajstić information content (AvgIpc) is 2.92. The fraction of sp³-hybridized carbons (Fsp3) is 0.310. The van der Waals surface area contributed by atoms with Crippen LogP contribution in [-0.4, -0.2) is 54.4 Å². The molecule has 1 aromatic heterocycles. The maximum Gasteiger partial charge on any atom is 0.152 e. The normalized spacial score (nSPS) is 15.5. The van der Waals surface area contributed by atoms with E-state index in [-0.39, 0.29) is 0 Å². The first kappa shape index (κ1) is 25.2. The molecule has 0 aliphatic carbocycles. The first-order valence-corrected chi connectivity index (χ1v) is 14.6. The summed E-state index contributed by atoms with van der Waals surface area (Å²) in [6, 6.07) is 24.4. The summed E-state index contributed by atoms with van der Waals surface area (Å²) in [4.78, 5) is 11.2. The number of hydrogen-bond donors (Lipinski definition) is 1. The van der Waals surface area contributed by atoms with Gasteiger partial charge in [0.25, 0.3) is 0 Å². The summed E-state index contributed by atoms with van der Waals surface area (Å²) in [6.45, 7) is 2.81. The van der Waals surface area contributed by atoms with Crippen molar-refractivity contribution in [2.45, 2.75) is 25.9 Å². The number of aromatic nitrogens is 2. The van der Waals surface area contributed by atoms with Gasteiger partial charge in [0.05, 0.1) is 17.0 Å². The third kappa shape index (κ3) is 7.05. The van der Waals surface area contributed by atoms with Crippen molar-refractivity contribution in [3.05, 3.63) is 90.3 Å². The molecule has 7 nitrogen and oxygen atoms in total. The second kappa shape index (κ2) is 11.7. The maximum absolute atomic E-state index is 11.6. The van der Waals surface area contributed by atoms with Gasteiger partial charge < -0.3 is 15.0 Å². The standard InChI is InChI=1S/C29H32N4O3S/c34-37(35)18-16-33(17-19-37)15-5-4-6-23-9-14-27-28(20-23)30-22-31-29(27)32-25-10-12-26(13-11-25)36-21-24-7-2-1-3-8-24/h1-3,7-14,20,22H,4-6,15-19,21H2,(H,30,31,32). The van der Waals surface area contributed by atoms with Crippen molar-refractivity contribution in [2.24, 2.45) is 0 Å². The van der Waals surface area contributed by atoms with E-state index in [9.17, 15) is 8.42 Å². The van der Waals surface area contributed by atoms with Crippen molar-refractivity contribution in [2.75, 3.05) is 36.5 Å². The lowest BCUT2D eigenvalue weighted by atomic mass is 10.1. The number of aryl methyl sites for hydroxylation is 1. The van der Waals surface area contributed by atoms with E-state index < -0.39 is 9.84 Å². The first-order valence-electron chi connectivity index (χ1n) is 12.7. The van der Waals surface area contributed by atoms with Crippen molar-refractivity contribution in [3.8, 4) is 5.75 Å². The highest BCUT2D eigenvalue weighted by Gasteiger charge is 2.20. The summed E-state index contributed by atoms with van der Waals surface area (Å²) < 4.78 is 29.0. The van der Waals surface area contributed by atoms with Gasteiger partial charge in [-0.1, -0.05) is 36.4 Å². The second-order valence-corrected chi connectivity index (χ2v) is 11.8. The summed E-state index contributed by atoms with van der Waals surface area (Å²) in [5.41, 5.74) is 4.23. The molecule has 3 aromatic carbocycles. The molecule has 0 atom stereocenters. The molecular formula is C29H32N4O3S. The van der Waals surface area contributed by atoms with Crippen LogP contribution in [0.3, 0.4) is 0 Å². The molecule has 1 aliphatic heterocycles. The topological polar surface area (TPSA) is 84.4 Å². The number of sulfone groups is 1. The summed E-state index contributed by atoms with van der Waals surface area (Å²) >= 11 is 0. The number of unbranched alkanes of at least 4 members (excludes halogenated alkanes) is 1. The van der Waals surface area contributed by atoms with Crippen LogP contribution in [-0.2, 0) is 22.9 Å². The molecule has 4 aromatic rings. The van der Waals surface area contributed by atoms with E-state index in [2.05, 4.69) is 38.4 Å². The minimum absolute atomic E-state index is 0.292. The zero-order valence-corrected chi connectivity index (χ0v) is 21.7. The van der Waals surface area contributed by atoms with E-state index >= 15 is 0 Å². The van der Waals surface area contributed by atoms with Gasteiger partial charge in [-0.05, 0) is 73.3 Å². The van der Waals surface area contributed by atoms with Gasteiger partial charge in [-0.25, -0.2) is 18.4 Å². The molecule has 37 heavy (non-hydrogen) atoms. The summed E-state index contributed by atoms with van der Waals surface area (Å²) in [5, 5.41) is 4.38. The van der Waals surface area contributed by atoms with E-state index in [1.165, 1.54) is 5.56 Å². The maximum atomic E-state index is 11.6. The molecule has 0 spiro atoms. The zero-order chi connectivity index (χ0) is 25.5. The van der Waals surface area contributed by atoms with Crippen LogP contribution in [0.15, 0.2) is 79.1 Å². The van der Waals surface area contributed by atoms with Crippen LogP contribution in [0.1, 0.15) is 24.0 Å². The van der Waals surface area contributed by atoms with Crippen LogP contribution >= 0.6 is 0 Å². The van der Waals surface area contributed by atoms with Crippen molar-refractivity contribution in [3.63, 3.8) is 0 Å². The molecule has 1 N–H and O–H groups in total. The fourth-order valence-corrected chi connectivity index (χ4v) is 5.79. The minimum atomic E-state index is -2.81. The fourth-order valence-electron chi connectivity index (χ4n) is 4.51. The summed E-state index contributed by atoms with van der Waals surface area (Å²) in [6.07, 6.45) is 4.68. The van der Waals surface area contributed by atoms with Crippen LogP contribution in [0.25, 0.3) is 10.9 Å². The lowest BCUT2D eigenvalue weighted by molar-refractivity contribution is 0.289. The first-order chi connectivity index (χ1) is 18.0. The average molecular weight is 517 g/mol. The van der Waals surface area contributed by atoms with Gasteiger partial charge in [-0.2, -0.15) is 0 Å². The molecule has 0 saturated carbocycles. The molecule has 0 amide bonds. The Morgan fingerprint density at radius 1 is 0.865 bits per heavy atom. The van der Waals surface area contributed by atoms with Crippen LogP contribution in [0, 0.1) is 0 Å². The van der Waals surface area contributed by atoms with Gasteiger partial charge in [0.15, 0.2) is 9.84 Å². The van der Waals surface area contributed by atoms with Gasteiger partial charge in [0.2, 0.25) is 0 Å². The Morgan fingerprint density at radius 3 is 2.43 bits per heavy atom. The summed E-state index contributed by atoms with van der Waals surface area (Å²) in [7, 11) is -2.81. The van der Waals surface area contributed by atoms with E-state index in [1.807, 2.05) is 54.6 Å². The monoisotopic (exact) mass is 516 g/mol. The number of nitrogens with one attached hydrogen (secondary N) is 1. The molecule has 0 radical (unpaired) electrons. The molecule has 0 unspecified atom stereocenters. The molecular weight excluding hydrogens is 484 g/mol. The van der Waals surface area contributed by atoms with Crippen LogP contribution < -0.4 is 10.1 Å². The Bertz CT molecular complexity index is 1410. The quantitative estimate of drug-likeness (QED) is 0.297. The highest BCUT2D eigenvalue weighted by Crippen LogP contribution is 2.26. The molecule has 0 bridgehead atoms. The van der Waals surface area contributed by atoms with E-state index in [0.717, 1.165) is 59.5 Å². The Hall–Kier alpha value is -3.49. The molecule has 1 fully saturated rings. The van der Waals surface area contributed by atoms with E-state index in [0.29, 0.717) is 31.2 Å². The number of ether oxygens (including phenoxy) is 1. The van der Waals surface area contributed by atoms with Gasteiger partial charge in [-0.3, -0.25) is 0 Å². The van der Waals surface area contributed by atoms with Crippen LogP contribution in [0.4, 0.5) is 11.5 Å². The zero-order valence-electron chi connectivity index (χ0n) is 20.8. The largest absolute Gasteiger partial charge is 0.489 e. The highest BCUT2D eigenvalue weighted by molar-refractivity contribution is 7.91. The lowest BCUT2D eigenvalue weighted by Crippen LogP contribution is -2.40. The van der Waals surface area contributed by atoms with Crippen molar-refractivity contribution >= 4 is 32.2 Å². The molecule has 5 rings (SSSR count). The number of hydrogen-bond acceptors (Lipinski definition) is 7. The SMILES string of the molecule is O=S1(=O)CCN(CCCCc2ccc3c(Nc4ccc(OCc5ccccc5)cc4)ncnc3c2)CC1.